The maximum atomic E-state index is 12.2. The van der Waals surface area contributed by atoms with Gasteiger partial charge in [0.2, 0.25) is 0 Å². The van der Waals surface area contributed by atoms with Gasteiger partial charge in [0.05, 0.1) is 5.92 Å². The van der Waals surface area contributed by atoms with E-state index in [9.17, 15) is 9.59 Å². The van der Waals surface area contributed by atoms with Gasteiger partial charge in [-0.05, 0) is 48.0 Å². The minimum atomic E-state index is -0.695. The maximum absolute atomic E-state index is 12.2. The van der Waals surface area contributed by atoms with Crippen LogP contribution in [0.3, 0.4) is 0 Å². The number of hydrogen-bond acceptors (Lipinski definition) is 5. The number of hydrogen-bond donors (Lipinski definition) is 1. The van der Waals surface area contributed by atoms with E-state index in [4.69, 9.17) is 9.47 Å². The molecule has 0 aromatic rings. The van der Waals surface area contributed by atoms with Crippen LogP contribution in [0.25, 0.3) is 0 Å². The second-order valence-corrected chi connectivity index (χ2v) is 6.48. The fraction of sp³-hybridized carbons (Fsp3) is 0.647. The van der Waals surface area contributed by atoms with E-state index in [1.165, 1.54) is 6.92 Å². The molecule has 3 atom stereocenters. The highest BCUT2D eigenvalue weighted by molar-refractivity contribution is 5.95. The van der Waals surface area contributed by atoms with Crippen LogP contribution in [0.4, 0.5) is 0 Å². The summed E-state index contributed by atoms with van der Waals surface area (Å²) in [6.07, 6.45) is 0.423. The zero-order valence-corrected chi connectivity index (χ0v) is 14.2. The number of nitrogens with one attached hydrogen (secondary N) is 1. The number of carbonyl (C=O) groups excluding carboxylic acids is 2. The summed E-state index contributed by atoms with van der Waals surface area (Å²) in [6, 6.07) is 0. The third-order valence-electron chi connectivity index (χ3n) is 4.55. The van der Waals surface area contributed by atoms with Gasteiger partial charge in [-0.15, -0.1) is 0 Å². The first-order valence-corrected chi connectivity index (χ1v) is 7.67. The first kappa shape index (κ1) is 16.6. The minimum Gasteiger partial charge on any atom is -0.488 e. The highest BCUT2D eigenvalue weighted by Gasteiger charge is 2.48. The molecule has 122 valence electrons. The van der Waals surface area contributed by atoms with E-state index in [-0.39, 0.29) is 23.6 Å². The van der Waals surface area contributed by atoms with Crippen molar-refractivity contribution in [2.75, 3.05) is 6.61 Å². The molecule has 0 fully saturated rings. The van der Waals surface area contributed by atoms with E-state index in [2.05, 4.69) is 5.32 Å². The molecule has 0 saturated heterocycles. The van der Waals surface area contributed by atoms with E-state index in [1.807, 2.05) is 27.7 Å². The van der Waals surface area contributed by atoms with Gasteiger partial charge in [0.1, 0.15) is 29.8 Å². The van der Waals surface area contributed by atoms with Crippen LogP contribution in [0.15, 0.2) is 22.8 Å². The molecule has 5 nitrogen and oxygen atoms in total. The monoisotopic (exact) mass is 307 g/mol. The van der Waals surface area contributed by atoms with Gasteiger partial charge in [-0.2, -0.15) is 0 Å². The first-order valence-electron chi connectivity index (χ1n) is 7.67. The van der Waals surface area contributed by atoms with E-state index >= 15 is 0 Å². The molecule has 0 aliphatic carbocycles. The Morgan fingerprint density at radius 1 is 1.27 bits per heavy atom. The van der Waals surface area contributed by atoms with Crippen LogP contribution in [0, 0.1) is 5.92 Å². The van der Waals surface area contributed by atoms with Crippen molar-refractivity contribution < 1.29 is 19.1 Å². The summed E-state index contributed by atoms with van der Waals surface area (Å²) in [5.41, 5.74) is 0.787. The van der Waals surface area contributed by atoms with Crippen LogP contribution < -0.4 is 5.32 Å². The number of Topliss-reactive ketones (excluding diaryl/α,β-unsaturated/α-hetero) is 2. The third-order valence-corrected chi connectivity index (χ3v) is 4.55. The van der Waals surface area contributed by atoms with E-state index in [0.717, 1.165) is 5.70 Å². The molecule has 5 heteroatoms. The van der Waals surface area contributed by atoms with Crippen molar-refractivity contribution in [3.63, 3.8) is 0 Å². The van der Waals surface area contributed by atoms with Crippen molar-refractivity contribution >= 4 is 11.6 Å². The van der Waals surface area contributed by atoms with Crippen LogP contribution in [0.1, 0.15) is 48.0 Å². The summed E-state index contributed by atoms with van der Waals surface area (Å²) >= 11 is 0. The zero-order chi connectivity index (χ0) is 16.7. The Labute approximate surface area is 131 Å². The van der Waals surface area contributed by atoms with E-state index in [0.29, 0.717) is 30.1 Å². The Balaban J connectivity index is 2.49. The summed E-state index contributed by atoms with van der Waals surface area (Å²) < 4.78 is 11.7. The molecule has 0 saturated carbocycles. The highest BCUT2D eigenvalue weighted by atomic mass is 16.6. The van der Waals surface area contributed by atoms with Crippen LogP contribution in [0.2, 0.25) is 0 Å². The quantitative estimate of drug-likeness (QED) is 0.867. The van der Waals surface area contributed by atoms with Crippen LogP contribution in [-0.4, -0.2) is 29.8 Å². The van der Waals surface area contributed by atoms with Gasteiger partial charge >= 0.3 is 0 Å². The SMILES string of the molecule is CC(=O)C1=C(C)NC(C)(C2=C(C)OC(C)CO2)C(C(C)=O)C1. The molecular weight excluding hydrogens is 282 g/mol. The van der Waals surface area contributed by atoms with Crippen molar-refractivity contribution in [3.05, 3.63) is 22.8 Å². The van der Waals surface area contributed by atoms with Crippen LogP contribution in [0.5, 0.6) is 0 Å². The van der Waals surface area contributed by atoms with Gasteiger partial charge in [-0.25, -0.2) is 0 Å². The molecule has 1 N–H and O–H groups in total. The second-order valence-electron chi connectivity index (χ2n) is 6.48. The van der Waals surface area contributed by atoms with Crippen molar-refractivity contribution in [1.29, 1.82) is 0 Å². The molecule has 22 heavy (non-hydrogen) atoms. The lowest BCUT2D eigenvalue weighted by atomic mass is 9.73. The normalized spacial score (nSPS) is 32.1. The molecule has 0 radical (unpaired) electrons. The number of rotatable bonds is 3. The van der Waals surface area contributed by atoms with Gasteiger partial charge < -0.3 is 14.8 Å². The lowest BCUT2D eigenvalue weighted by molar-refractivity contribution is -0.124. The molecule has 0 aromatic heterocycles. The van der Waals surface area contributed by atoms with Crippen molar-refractivity contribution in [2.24, 2.45) is 5.92 Å². The van der Waals surface area contributed by atoms with Crippen molar-refractivity contribution in [2.45, 2.75) is 59.6 Å². The Bertz CT molecular complexity index is 575. The predicted octanol–water partition coefficient (Wildman–Crippen LogP) is 2.47. The Hall–Kier alpha value is -1.78. The van der Waals surface area contributed by atoms with Crippen molar-refractivity contribution in [3.8, 4) is 0 Å². The minimum absolute atomic E-state index is 0.00145. The number of ether oxygens (including phenoxy) is 2. The summed E-state index contributed by atoms with van der Waals surface area (Å²) in [4.78, 5) is 24.0. The predicted molar refractivity (Wildman–Crippen MR) is 82.9 cm³/mol. The molecule has 2 rings (SSSR count). The van der Waals surface area contributed by atoms with Crippen molar-refractivity contribution in [1.82, 2.24) is 5.32 Å². The molecule has 0 bridgehead atoms. The number of carbonyl (C=O) groups is 2. The number of allylic oxidation sites excluding steroid dienone is 3. The Morgan fingerprint density at radius 2 is 1.91 bits per heavy atom. The molecule has 2 heterocycles. The number of ketones is 2. The summed E-state index contributed by atoms with van der Waals surface area (Å²) in [5, 5.41) is 3.35. The van der Waals surface area contributed by atoms with Gasteiger partial charge in [-0.1, -0.05) is 0 Å². The highest BCUT2D eigenvalue weighted by Crippen LogP contribution is 2.40. The zero-order valence-electron chi connectivity index (χ0n) is 14.2. The summed E-state index contributed by atoms with van der Waals surface area (Å²) in [6.45, 7) is 11.2. The van der Waals surface area contributed by atoms with E-state index in [1.54, 1.807) is 6.92 Å². The molecule has 0 spiro atoms. The Morgan fingerprint density at radius 3 is 2.41 bits per heavy atom. The lowest BCUT2D eigenvalue weighted by Gasteiger charge is -2.45. The smallest absolute Gasteiger partial charge is 0.159 e. The summed E-state index contributed by atoms with van der Waals surface area (Å²) in [7, 11) is 0. The van der Waals surface area contributed by atoms with Gasteiger partial charge in [0.15, 0.2) is 11.5 Å². The Kier molecular flexibility index (Phi) is 4.36. The average Bonchev–Trinajstić information content (AvgIpc) is 2.36. The third kappa shape index (κ3) is 2.76. The second kappa shape index (κ2) is 5.78. The molecule has 2 aliphatic heterocycles. The maximum Gasteiger partial charge on any atom is 0.159 e. The standard InChI is InChI=1S/C17H25NO4/c1-9-8-21-16(13(5)22-9)17(6)15(12(4)20)7-14(11(3)19)10(2)18-17/h9,15,18H,7-8H2,1-6H3. The first-order chi connectivity index (χ1) is 10.2. The largest absolute Gasteiger partial charge is 0.488 e. The molecule has 2 aliphatic rings. The molecule has 0 amide bonds. The molecular formula is C17H25NO4. The lowest BCUT2D eigenvalue weighted by Crippen LogP contribution is -2.56. The van der Waals surface area contributed by atoms with Gasteiger partial charge in [-0.3, -0.25) is 9.59 Å². The molecule has 0 aromatic carbocycles. The van der Waals surface area contributed by atoms with Crippen LogP contribution in [-0.2, 0) is 19.1 Å². The van der Waals surface area contributed by atoms with Gasteiger partial charge in [0, 0.05) is 11.3 Å². The topological polar surface area (TPSA) is 64.6 Å². The molecule has 3 unspecified atom stereocenters. The van der Waals surface area contributed by atoms with Gasteiger partial charge in [0.25, 0.3) is 0 Å². The van der Waals surface area contributed by atoms with E-state index < -0.39 is 5.54 Å². The fourth-order valence-corrected chi connectivity index (χ4v) is 3.49. The average molecular weight is 307 g/mol. The van der Waals surface area contributed by atoms with Crippen LogP contribution >= 0.6 is 0 Å². The fourth-order valence-electron chi connectivity index (χ4n) is 3.49. The summed E-state index contributed by atoms with van der Waals surface area (Å²) in [5.74, 6) is 1.02.